The molecule has 0 aliphatic rings. The van der Waals surface area contributed by atoms with Crippen molar-refractivity contribution < 1.29 is 13.6 Å². The molecule has 0 saturated carbocycles. The molecule has 1 amide bonds. The first kappa shape index (κ1) is 25.5. The van der Waals surface area contributed by atoms with E-state index in [0.717, 1.165) is 9.13 Å². The summed E-state index contributed by atoms with van der Waals surface area (Å²) in [7, 11) is 0. The molecular formula is C27H16Cl2IN3O3S. The Hall–Kier alpha value is -3.18. The van der Waals surface area contributed by atoms with Gasteiger partial charge in [0.1, 0.15) is 17.0 Å². The number of thiocarbonyl (C=S) groups is 1. The Morgan fingerprint density at radius 1 is 0.973 bits per heavy atom. The second-order valence-corrected chi connectivity index (χ2v) is 10.3. The predicted molar refractivity (Wildman–Crippen MR) is 160 cm³/mol. The van der Waals surface area contributed by atoms with Crippen LogP contribution in [0, 0.1) is 3.57 Å². The number of hydrogen-bond acceptors (Lipinski definition) is 5. The standard InChI is InChI=1S/C27H16Cl2IN3O3S/c28-16-3-9-20(21(29)13-16)23-11-7-19(35-23)8-12-25(34)33-27(37)31-18-6-10-24-22(14-18)32-26(36-24)15-1-4-17(30)5-2-15/h1-14H,(H2,31,33,34,37)/b12-8+. The molecule has 6 nitrogen and oxygen atoms in total. The molecule has 0 saturated heterocycles. The predicted octanol–water partition coefficient (Wildman–Crippen LogP) is 8.19. The van der Waals surface area contributed by atoms with E-state index in [2.05, 4.69) is 38.2 Å². The molecule has 2 N–H and O–H groups in total. The third-order valence-electron chi connectivity index (χ3n) is 5.20. The number of nitrogens with zero attached hydrogens (tertiary/aromatic N) is 1. The van der Waals surface area contributed by atoms with Gasteiger partial charge in [-0.3, -0.25) is 10.1 Å². The van der Waals surface area contributed by atoms with Gasteiger partial charge in [-0.05, 0) is 114 Å². The van der Waals surface area contributed by atoms with Crippen LogP contribution in [0.4, 0.5) is 5.69 Å². The van der Waals surface area contributed by atoms with E-state index in [9.17, 15) is 4.79 Å². The number of carbonyl (C=O) groups is 1. The molecule has 5 rings (SSSR count). The average Bonchev–Trinajstić information content (AvgIpc) is 3.50. The van der Waals surface area contributed by atoms with Crippen molar-refractivity contribution in [3.8, 4) is 22.8 Å². The summed E-state index contributed by atoms with van der Waals surface area (Å²) in [5.74, 6) is 1.16. The van der Waals surface area contributed by atoms with Crippen molar-refractivity contribution in [2.24, 2.45) is 0 Å². The van der Waals surface area contributed by atoms with E-state index in [1.807, 2.05) is 24.3 Å². The minimum absolute atomic E-state index is 0.142. The lowest BCUT2D eigenvalue weighted by molar-refractivity contribution is -0.115. The first-order valence-corrected chi connectivity index (χ1v) is 13.1. The Kier molecular flexibility index (Phi) is 7.61. The molecule has 2 aromatic heterocycles. The molecule has 0 bridgehead atoms. The third-order valence-corrected chi connectivity index (χ3v) is 6.67. The fourth-order valence-electron chi connectivity index (χ4n) is 3.47. The number of rotatable bonds is 5. The quantitative estimate of drug-likeness (QED) is 0.113. The first-order chi connectivity index (χ1) is 17.8. The molecule has 0 aliphatic carbocycles. The lowest BCUT2D eigenvalue weighted by Gasteiger charge is -2.07. The van der Waals surface area contributed by atoms with E-state index >= 15 is 0 Å². The van der Waals surface area contributed by atoms with Gasteiger partial charge in [0.15, 0.2) is 10.7 Å². The molecule has 0 spiro atoms. The summed E-state index contributed by atoms with van der Waals surface area (Å²) in [6, 6.07) is 21.9. The molecular weight excluding hydrogens is 644 g/mol. The Labute approximate surface area is 240 Å². The normalized spacial score (nSPS) is 11.2. The first-order valence-electron chi connectivity index (χ1n) is 10.9. The summed E-state index contributed by atoms with van der Waals surface area (Å²) in [5.41, 5.74) is 3.58. The van der Waals surface area contributed by atoms with E-state index in [4.69, 9.17) is 44.3 Å². The Bertz CT molecular complexity index is 1660. The van der Waals surface area contributed by atoms with Gasteiger partial charge < -0.3 is 14.2 Å². The molecule has 184 valence electrons. The summed E-state index contributed by atoms with van der Waals surface area (Å²) in [6.45, 7) is 0. The molecule has 0 fully saturated rings. The van der Waals surface area contributed by atoms with Crippen molar-refractivity contribution in [2.75, 3.05) is 5.32 Å². The van der Waals surface area contributed by atoms with Crippen LogP contribution in [0.5, 0.6) is 0 Å². The average molecular weight is 660 g/mol. The summed E-state index contributed by atoms with van der Waals surface area (Å²) in [4.78, 5) is 16.9. The SMILES string of the molecule is O=C(/C=C/c1ccc(-c2ccc(Cl)cc2Cl)o1)NC(=S)Nc1ccc2oc(-c3ccc(I)cc3)nc2c1. The maximum absolute atomic E-state index is 12.4. The number of furan rings is 1. The Morgan fingerprint density at radius 2 is 1.78 bits per heavy atom. The maximum atomic E-state index is 12.4. The Balaban J connectivity index is 1.20. The largest absolute Gasteiger partial charge is 0.457 e. The number of benzene rings is 3. The summed E-state index contributed by atoms with van der Waals surface area (Å²) in [6.07, 6.45) is 2.87. The van der Waals surface area contributed by atoms with Gasteiger partial charge in [-0.15, -0.1) is 0 Å². The highest BCUT2D eigenvalue weighted by Gasteiger charge is 2.11. The molecule has 0 atom stereocenters. The molecule has 0 unspecified atom stereocenters. The van der Waals surface area contributed by atoms with Crippen LogP contribution in [-0.2, 0) is 4.79 Å². The minimum Gasteiger partial charge on any atom is -0.457 e. The van der Waals surface area contributed by atoms with Crippen LogP contribution in [0.25, 0.3) is 40.0 Å². The molecule has 0 aliphatic heterocycles. The number of hydrogen-bond donors (Lipinski definition) is 2. The third kappa shape index (κ3) is 6.22. The number of halogens is 3. The number of aromatic nitrogens is 1. The van der Waals surface area contributed by atoms with Crippen LogP contribution >= 0.6 is 58.0 Å². The smallest absolute Gasteiger partial charge is 0.250 e. The molecule has 5 aromatic rings. The number of nitrogens with one attached hydrogen (secondary N) is 2. The van der Waals surface area contributed by atoms with Crippen LogP contribution < -0.4 is 10.6 Å². The van der Waals surface area contributed by atoms with Crippen LogP contribution in [0.1, 0.15) is 5.76 Å². The van der Waals surface area contributed by atoms with Crippen LogP contribution in [-0.4, -0.2) is 16.0 Å². The fourth-order valence-corrected chi connectivity index (χ4v) is 4.55. The van der Waals surface area contributed by atoms with Gasteiger partial charge in [-0.25, -0.2) is 4.98 Å². The second kappa shape index (κ2) is 11.1. The zero-order valence-corrected chi connectivity index (χ0v) is 23.3. The van der Waals surface area contributed by atoms with Crippen LogP contribution in [0.3, 0.4) is 0 Å². The monoisotopic (exact) mass is 659 g/mol. The van der Waals surface area contributed by atoms with Gasteiger partial charge in [-0.2, -0.15) is 0 Å². The van der Waals surface area contributed by atoms with E-state index in [0.29, 0.717) is 49.8 Å². The van der Waals surface area contributed by atoms with E-state index in [-0.39, 0.29) is 5.11 Å². The topological polar surface area (TPSA) is 80.3 Å². The number of amides is 1. The van der Waals surface area contributed by atoms with Crippen LogP contribution in [0.15, 0.2) is 87.7 Å². The van der Waals surface area contributed by atoms with Gasteiger partial charge in [0.25, 0.3) is 0 Å². The van der Waals surface area contributed by atoms with Crippen molar-refractivity contribution in [2.45, 2.75) is 0 Å². The van der Waals surface area contributed by atoms with E-state index in [1.165, 1.54) is 6.08 Å². The highest BCUT2D eigenvalue weighted by molar-refractivity contribution is 14.1. The Morgan fingerprint density at radius 3 is 2.57 bits per heavy atom. The zero-order valence-electron chi connectivity index (χ0n) is 18.8. The van der Waals surface area contributed by atoms with Crippen molar-refractivity contribution in [1.29, 1.82) is 0 Å². The fraction of sp³-hybridized carbons (Fsp3) is 0. The van der Waals surface area contributed by atoms with Gasteiger partial charge in [0.2, 0.25) is 11.8 Å². The van der Waals surface area contributed by atoms with E-state index in [1.54, 1.807) is 54.6 Å². The summed E-state index contributed by atoms with van der Waals surface area (Å²) < 4.78 is 12.8. The number of anilines is 1. The van der Waals surface area contributed by atoms with Crippen LogP contribution in [0.2, 0.25) is 10.0 Å². The van der Waals surface area contributed by atoms with Gasteiger partial charge in [0, 0.05) is 31.5 Å². The number of fused-ring (bicyclic) bond motifs is 1. The maximum Gasteiger partial charge on any atom is 0.250 e. The van der Waals surface area contributed by atoms with Crippen molar-refractivity contribution in [3.63, 3.8) is 0 Å². The van der Waals surface area contributed by atoms with E-state index < -0.39 is 5.91 Å². The van der Waals surface area contributed by atoms with Gasteiger partial charge >= 0.3 is 0 Å². The highest BCUT2D eigenvalue weighted by atomic mass is 127. The van der Waals surface area contributed by atoms with Crippen molar-refractivity contribution in [3.05, 3.63) is 98.2 Å². The molecule has 2 heterocycles. The molecule has 10 heteroatoms. The van der Waals surface area contributed by atoms with Gasteiger partial charge in [0.05, 0.1) is 5.02 Å². The molecule has 37 heavy (non-hydrogen) atoms. The van der Waals surface area contributed by atoms with Crippen molar-refractivity contribution in [1.82, 2.24) is 10.3 Å². The minimum atomic E-state index is -0.413. The number of oxazole rings is 1. The number of carbonyl (C=O) groups excluding carboxylic acids is 1. The molecule has 0 radical (unpaired) electrons. The summed E-state index contributed by atoms with van der Waals surface area (Å²) in [5, 5.41) is 6.75. The van der Waals surface area contributed by atoms with Gasteiger partial charge in [-0.1, -0.05) is 23.2 Å². The van der Waals surface area contributed by atoms with Crippen molar-refractivity contribution >= 4 is 91.9 Å². The summed E-state index contributed by atoms with van der Waals surface area (Å²) >= 11 is 19.7. The lowest BCUT2D eigenvalue weighted by atomic mass is 10.2. The highest BCUT2D eigenvalue weighted by Crippen LogP contribution is 2.32. The second-order valence-electron chi connectivity index (χ2n) is 7.81. The molecule has 3 aromatic carbocycles. The zero-order chi connectivity index (χ0) is 25.9. The lowest BCUT2D eigenvalue weighted by Crippen LogP contribution is -2.32.